The average molecular weight is 520 g/mol. The predicted molar refractivity (Wildman–Crippen MR) is 144 cm³/mol. The zero-order chi connectivity index (χ0) is 26.4. The number of nitrogens with zero attached hydrogens (tertiary/aromatic N) is 5. The number of fused-ring (bicyclic) bond motifs is 1. The Bertz CT molecular complexity index is 1360. The lowest BCUT2D eigenvalue weighted by Crippen LogP contribution is -2.45. The van der Waals surface area contributed by atoms with Crippen molar-refractivity contribution < 1.29 is 14.4 Å². The van der Waals surface area contributed by atoms with E-state index in [1.807, 2.05) is 74.1 Å². The molecule has 2 atom stereocenters. The van der Waals surface area contributed by atoms with Crippen LogP contribution in [-0.4, -0.2) is 57.4 Å². The number of aryl methyl sites for hydroxylation is 2. The van der Waals surface area contributed by atoms with Crippen molar-refractivity contribution >= 4 is 34.7 Å². The fourth-order valence-corrected chi connectivity index (χ4v) is 6.44. The van der Waals surface area contributed by atoms with Crippen molar-refractivity contribution in [3.8, 4) is 0 Å². The summed E-state index contributed by atoms with van der Waals surface area (Å²) in [7, 11) is 3.79. The van der Waals surface area contributed by atoms with Gasteiger partial charge in [0.2, 0.25) is 5.91 Å². The second-order valence-corrected chi connectivity index (χ2v) is 11.1. The van der Waals surface area contributed by atoms with Crippen molar-refractivity contribution in [3.63, 3.8) is 0 Å². The van der Waals surface area contributed by atoms with E-state index in [0.29, 0.717) is 17.7 Å². The van der Waals surface area contributed by atoms with Crippen LogP contribution in [0.3, 0.4) is 0 Å². The first-order chi connectivity index (χ1) is 17.7. The Labute approximate surface area is 221 Å². The topological polar surface area (TPSA) is 78.8 Å². The quantitative estimate of drug-likeness (QED) is 0.453. The van der Waals surface area contributed by atoms with Crippen molar-refractivity contribution in [2.24, 2.45) is 13.0 Å². The van der Waals surface area contributed by atoms with Crippen molar-refractivity contribution in [2.75, 3.05) is 25.0 Å². The van der Waals surface area contributed by atoms with Gasteiger partial charge in [0.25, 0.3) is 11.8 Å². The van der Waals surface area contributed by atoms with Gasteiger partial charge in [-0.2, -0.15) is 5.10 Å². The summed E-state index contributed by atoms with van der Waals surface area (Å²) in [5.74, 6) is -0.612. The lowest BCUT2D eigenvalue weighted by molar-refractivity contribution is -0.136. The number of hydrogen-bond donors (Lipinski definition) is 0. The van der Waals surface area contributed by atoms with Crippen LogP contribution in [0.15, 0.2) is 35.7 Å². The molecule has 0 unspecified atom stereocenters. The number of anilines is 1. The van der Waals surface area contributed by atoms with E-state index >= 15 is 0 Å². The van der Waals surface area contributed by atoms with E-state index in [4.69, 9.17) is 0 Å². The molecule has 5 rings (SSSR count). The minimum Gasteiger partial charge on any atom is -0.370 e. The van der Waals surface area contributed by atoms with Crippen molar-refractivity contribution in [1.29, 1.82) is 0 Å². The summed E-state index contributed by atoms with van der Waals surface area (Å²) in [5, 5.41) is 6.46. The third-order valence-electron chi connectivity index (χ3n) is 7.89. The highest BCUT2D eigenvalue weighted by atomic mass is 32.1. The number of carbonyl (C=O) groups excluding carboxylic acids is 3. The number of amides is 3. The highest BCUT2D eigenvalue weighted by Gasteiger charge is 2.40. The van der Waals surface area contributed by atoms with Gasteiger partial charge in [-0.15, -0.1) is 11.3 Å². The summed E-state index contributed by atoms with van der Waals surface area (Å²) < 4.78 is 1.86. The maximum Gasteiger partial charge on any atom is 0.264 e. The molecule has 2 aromatic heterocycles. The van der Waals surface area contributed by atoms with E-state index in [1.165, 1.54) is 16.2 Å². The monoisotopic (exact) mass is 519 g/mol. The third-order valence-corrected chi connectivity index (χ3v) is 8.75. The summed E-state index contributed by atoms with van der Waals surface area (Å²) in [6, 6.07) is 9.23. The van der Waals surface area contributed by atoms with Crippen molar-refractivity contribution in [3.05, 3.63) is 68.7 Å². The van der Waals surface area contributed by atoms with Crippen molar-refractivity contribution in [1.82, 2.24) is 19.6 Å². The van der Waals surface area contributed by atoms with Crippen LogP contribution < -0.4 is 4.90 Å². The standard InChI is InChI=1S/C28H33N5O3S/c1-17-24(19(3)31(5)29-17)18(2)30(4)26(34)20-9-7-13-32(15-20)23-12-6-11-22-25(23)28(36)33(27(22)35)16-21-10-8-14-37-21/h6,8,10-12,14,18,20H,7,9,13,15-16H2,1-5H3/t18-,20-/m0/s1. The van der Waals surface area contributed by atoms with E-state index in [-0.39, 0.29) is 36.2 Å². The number of thiophene rings is 1. The fraction of sp³-hybridized carbons (Fsp3) is 0.429. The number of benzene rings is 1. The molecule has 0 saturated carbocycles. The average Bonchev–Trinajstić information content (AvgIpc) is 3.57. The normalized spacial score (nSPS) is 18.4. The van der Waals surface area contributed by atoms with Gasteiger partial charge in [-0.05, 0) is 57.2 Å². The first kappa shape index (κ1) is 25.2. The van der Waals surface area contributed by atoms with Crippen LogP contribution in [-0.2, 0) is 18.4 Å². The second kappa shape index (κ2) is 9.78. The van der Waals surface area contributed by atoms with Gasteiger partial charge >= 0.3 is 0 Å². The molecule has 0 radical (unpaired) electrons. The number of imide groups is 1. The lowest BCUT2D eigenvalue weighted by Gasteiger charge is -2.37. The maximum atomic E-state index is 13.6. The molecule has 37 heavy (non-hydrogen) atoms. The van der Waals surface area contributed by atoms with E-state index in [9.17, 15) is 14.4 Å². The van der Waals surface area contributed by atoms with Gasteiger partial charge in [0.05, 0.1) is 41.0 Å². The zero-order valence-electron chi connectivity index (χ0n) is 22.0. The molecular formula is C28H33N5O3S. The van der Waals surface area contributed by atoms with E-state index < -0.39 is 0 Å². The van der Waals surface area contributed by atoms with Gasteiger partial charge in [-0.3, -0.25) is 24.0 Å². The van der Waals surface area contributed by atoms with Gasteiger partial charge in [0.15, 0.2) is 0 Å². The number of hydrogen-bond acceptors (Lipinski definition) is 6. The molecule has 0 bridgehead atoms. The summed E-state index contributed by atoms with van der Waals surface area (Å²) in [5.41, 5.74) is 4.73. The summed E-state index contributed by atoms with van der Waals surface area (Å²) in [4.78, 5) is 46.4. The van der Waals surface area contributed by atoms with Crippen LogP contribution >= 0.6 is 11.3 Å². The molecule has 1 saturated heterocycles. The minimum atomic E-state index is -0.259. The van der Waals surface area contributed by atoms with Crippen molar-refractivity contribution in [2.45, 2.75) is 46.2 Å². The van der Waals surface area contributed by atoms with Crippen LogP contribution in [0.4, 0.5) is 5.69 Å². The van der Waals surface area contributed by atoms with Crippen LogP contribution in [0.25, 0.3) is 0 Å². The molecule has 1 fully saturated rings. The largest absolute Gasteiger partial charge is 0.370 e. The molecule has 4 heterocycles. The molecule has 2 aliphatic heterocycles. The van der Waals surface area contributed by atoms with Crippen LogP contribution in [0.2, 0.25) is 0 Å². The Hall–Kier alpha value is -3.46. The Balaban J connectivity index is 1.36. The Kier molecular flexibility index (Phi) is 6.66. The predicted octanol–water partition coefficient (Wildman–Crippen LogP) is 4.33. The van der Waals surface area contributed by atoms with E-state index in [0.717, 1.165) is 46.9 Å². The maximum absolute atomic E-state index is 13.6. The number of aromatic nitrogens is 2. The number of rotatable bonds is 6. The van der Waals surface area contributed by atoms with Crippen LogP contribution in [0, 0.1) is 19.8 Å². The minimum absolute atomic E-state index is 0.0918. The second-order valence-electron chi connectivity index (χ2n) is 10.1. The van der Waals surface area contributed by atoms with Gasteiger partial charge < -0.3 is 9.80 Å². The number of piperidine rings is 1. The molecule has 9 heteroatoms. The molecule has 3 amide bonds. The Morgan fingerprint density at radius 1 is 1.19 bits per heavy atom. The lowest BCUT2D eigenvalue weighted by atomic mass is 9.94. The van der Waals surface area contributed by atoms with E-state index in [1.54, 1.807) is 6.07 Å². The summed E-state index contributed by atoms with van der Waals surface area (Å²) in [6.45, 7) is 7.60. The molecule has 2 aliphatic rings. The molecule has 0 aliphatic carbocycles. The fourth-order valence-electron chi connectivity index (χ4n) is 5.75. The summed E-state index contributed by atoms with van der Waals surface area (Å²) >= 11 is 1.53. The smallest absolute Gasteiger partial charge is 0.264 e. The first-order valence-electron chi connectivity index (χ1n) is 12.7. The number of carbonyl (C=O) groups is 3. The molecule has 8 nitrogen and oxygen atoms in total. The highest BCUT2D eigenvalue weighted by Crippen LogP contribution is 2.36. The first-order valence-corrected chi connectivity index (χ1v) is 13.6. The van der Waals surface area contributed by atoms with Crippen LogP contribution in [0.5, 0.6) is 0 Å². The van der Waals surface area contributed by atoms with Gasteiger partial charge in [-0.1, -0.05) is 12.1 Å². The SMILES string of the molecule is Cc1nn(C)c(C)c1[C@H](C)N(C)C(=O)[C@H]1CCCN(c2cccc3c2C(=O)N(Cc2cccs2)C3=O)C1. The molecule has 0 N–H and O–H groups in total. The van der Waals surface area contributed by atoms with Gasteiger partial charge in [0.1, 0.15) is 0 Å². The molecule has 3 aromatic rings. The van der Waals surface area contributed by atoms with E-state index in [2.05, 4.69) is 10.00 Å². The highest BCUT2D eigenvalue weighted by molar-refractivity contribution is 7.09. The molecule has 1 aromatic carbocycles. The van der Waals surface area contributed by atoms with Crippen LogP contribution in [0.1, 0.15) is 68.4 Å². The third kappa shape index (κ3) is 4.35. The Morgan fingerprint density at radius 2 is 1.97 bits per heavy atom. The van der Waals surface area contributed by atoms with Gasteiger partial charge in [0, 0.05) is 43.3 Å². The zero-order valence-corrected chi connectivity index (χ0v) is 22.8. The molecular weight excluding hydrogens is 486 g/mol. The van der Waals surface area contributed by atoms with Gasteiger partial charge in [-0.25, -0.2) is 0 Å². The summed E-state index contributed by atoms with van der Waals surface area (Å²) in [6.07, 6.45) is 1.64. The molecule has 0 spiro atoms. The molecule has 194 valence electrons. The Morgan fingerprint density at radius 3 is 2.65 bits per heavy atom.